The minimum Gasteiger partial charge on any atom is -0.508 e. The van der Waals surface area contributed by atoms with E-state index in [1.165, 1.54) is 12.1 Å². The van der Waals surface area contributed by atoms with Crippen molar-refractivity contribution < 1.29 is 34.2 Å². The van der Waals surface area contributed by atoms with Gasteiger partial charge >= 0.3 is 5.97 Å². The number of rotatable bonds is 18. The molecule has 4 amide bonds. The molecule has 0 saturated heterocycles. The number of carboxylic acids is 1. The van der Waals surface area contributed by atoms with Crippen LogP contribution in [0.3, 0.4) is 0 Å². The standard InChI is InChI=1S/C26H42N8O7/c1-14(2)12-19(33-22(37)17(27)9-10-21(28)36)23(38)34-20(13-15-5-7-16(35)8-6-15)24(39)32-18(25(40)41)4-3-11-31-26(29)30/h5-8,14,17-20,35H,3-4,9-13,27H2,1-2H3,(H2,28,36)(H,32,39)(H,33,37)(H,34,38)(H,40,41)(H4,29,30,31). The number of carbonyl (C=O) groups excluding carboxylic acids is 4. The molecule has 15 nitrogen and oxygen atoms in total. The second kappa shape index (κ2) is 17.3. The number of benzene rings is 1. The number of hydrogen-bond donors (Lipinski definition) is 9. The third kappa shape index (κ3) is 14.0. The number of aromatic hydroxyl groups is 1. The number of guanidine groups is 1. The number of nitrogens with zero attached hydrogens (tertiary/aromatic N) is 1. The van der Waals surface area contributed by atoms with Crippen LogP contribution in [0.25, 0.3) is 0 Å². The molecule has 1 aromatic carbocycles. The van der Waals surface area contributed by atoms with Gasteiger partial charge in [0.25, 0.3) is 0 Å². The van der Waals surface area contributed by atoms with Gasteiger partial charge in [0.05, 0.1) is 6.04 Å². The SMILES string of the molecule is CC(C)CC(NC(=O)C(N)CCC(N)=O)C(=O)NC(Cc1ccc(O)cc1)C(=O)NC(CCCN=C(N)N)C(=O)O. The van der Waals surface area contributed by atoms with E-state index in [9.17, 15) is 34.2 Å². The Morgan fingerprint density at radius 2 is 1.41 bits per heavy atom. The van der Waals surface area contributed by atoms with Gasteiger partial charge in [-0.1, -0.05) is 26.0 Å². The Morgan fingerprint density at radius 3 is 1.95 bits per heavy atom. The smallest absolute Gasteiger partial charge is 0.326 e. The lowest BCUT2D eigenvalue weighted by Gasteiger charge is -2.26. The molecule has 0 aliphatic rings. The number of phenols is 1. The summed E-state index contributed by atoms with van der Waals surface area (Å²) in [5, 5.41) is 26.9. The second-order valence-corrected chi connectivity index (χ2v) is 10.1. The molecular formula is C26H42N8O7. The van der Waals surface area contributed by atoms with Gasteiger partial charge in [0.1, 0.15) is 23.9 Å². The summed E-state index contributed by atoms with van der Waals surface area (Å²) < 4.78 is 0. The summed E-state index contributed by atoms with van der Waals surface area (Å²) in [7, 11) is 0. The van der Waals surface area contributed by atoms with Crippen molar-refractivity contribution in [2.45, 2.75) is 76.5 Å². The van der Waals surface area contributed by atoms with Crippen LogP contribution in [0, 0.1) is 5.92 Å². The molecule has 13 N–H and O–H groups in total. The number of phenolic OH excluding ortho intramolecular Hbond substituents is 1. The normalized spacial score (nSPS) is 13.8. The molecule has 0 heterocycles. The summed E-state index contributed by atoms with van der Waals surface area (Å²) in [6, 6.07) is 1.24. The lowest BCUT2D eigenvalue weighted by atomic mass is 10.00. The fourth-order valence-electron chi connectivity index (χ4n) is 3.79. The molecule has 1 rings (SSSR count). The molecule has 1 aromatic rings. The Morgan fingerprint density at radius 1 is 0.854 bits per heavy atom. The quantitative estimate of drug-likeness (QED) is 0.0533. The van der Waals surface area contributed by atoms with Gasteiger partial charge in [0.15, 0.2) is 5.96 Å². The number of amides is 4. The number of nitrogens with two attached hydrogens (primary N) is 4. The van der Waals surface area contributed by atoms with Gasteiger partial charge in [-0.2, -0.15) is 0 Å². The summed E-state index contributed by atoms with van der Waals surface area (Å²) in [6.45, 7) is 3.83. The van der Waals surface area contributed by atoms with Crippen LogP contribution in [0.15, 0.2) is 29.3 Å². The van der Waals surface area contributed by atoms with Crippen LogP contribution in [-0.2, 0) is 30.4 Å². The highest BCUT2D eigenvalue weighted by Crippen LogP contribution is 2.13. The van der Waals surface area contributed by atoms with E-state index in [2.05, 4.69) is 20.9 Å². The first-order chi connectivity index (χ1) is 19.2. The largest absolute Gasteiger partial charge is 0.508 e. The summed E-state index contributed by atoms with van der Waals surface area (Å²) in [5.74, 6) is -4.22. The van der Waals surface area contributed by atoms with Crippen molar-refractivity contribution in [2.75, 3.05) is 6.54 Å². The first-order valence-electron chi connectivity index (χ1n) is 13.2. The number of carboxylic acid groups (broad SMARTS) is 1. The van der Waals surface area contributed by atoms with Gasteiger partial charge in [-0.15, -0.1) is 0 Å². The molecule has 15 heteroatoms. The van der Waals surface area contributed by atoms with Crippen LogP contribution >= 0.6 is 0 Å². The van der Waals surface area contributed by atoms with Crippen LogP contribution in [0.5, 0.6) is 5.75 Å². The van der Waals surface area contributed by atoms with Crippen LogP contribution in [0.2, 0.25) is 0 Å². The lowest BCUT2D eigenvalue weighted by Crippen LogP contribution is -2.57. The van der Waals surface area contributed by atoms with E-state index in [4.69, 9.17) is 22.9 Å². The Balaban J connectivity index is 3.12. The van der Waals surface area contributed by atoms with E-state index in [1.807, 2.05) is 13.8 Å². The van der Waals surface area contributed by atoms with E-state index in [1.54, 1.807) is 12.1 Å². The van der Waals surface area contributed by atoms with Crippen LogP contribution in [0.1, 0.15) is 51.5 Å². The molecule has 228 valence electrons. The van der Waals surface area contributed by atoms with Gasteiger partial charge in [0.2, 0.25) is 23.6 Å². The average Bonchev–Trinajstić information content (AvgIpc) is 2.88. The average molecular weight is 579 g/mol. The number of primary amides is 1. The number of hydrogen-bond acceptors (Lipinski definition) is 8. The highest BCUT2D eigenvalue weighted by Gasteiger charge is 2.31. The van der Waals surface area contributed by atoms with Crippen molar-refractivity contribution in [3.05, 3.63) is 29.8 Å². The minimum absolute atomic E-state index is 0.00196. The molecular weight excluding hydrogens is 536 g/mol. The topological polar surface area (TPSA) is 278 Å². The molecule has 0 aliphatic heterocycles. The number of aliphatic carboxylic acids is 1. The molecule has 0 aliphatic carbocycles. The van der Waals surface area contributed by atoms with Crippen molar-refractivity contribution in [2.24, 2.45) is 33.8 Å². The second-order valence-electron chi connectivity index (χ2n) is 10.1. The molecule has 0 saturated carbocycles. The van der Waals surface area contributed by atoms with Crippen molar-refractivity contribution >= 4 is 35.6 Å². The van der Waals surface area contributed by atoms with E-state index >= 15 is 0 Å². The third-order valence-corrected chi connectivity index (χ3v) is 5.95. The molecule has 0 fully saturated rings. The maximum Gasteiger partial charge on any atom is 0.326 e. The Hall–Kier alpha value is -4.40. The first-order valence-corrected chi connectivity index (χ1v) is 13.2. The molecule has 0 radical (unpaired) electrons. The van der Waals surface area contributed by atoms with Gasteiger partial charge < -0.3 is 49.1 Å². The molecule has 0 spiro atoms. The van der Waals surface area contributed by atoms with Gasteiger partial charge in [-0.25, -0.2) is 4.79 Å². The van der Waals surface area contributed by atoms with Gasteiger partial charge in [-0.05, 0) is 49.3 Å². The molecule has 4 unspecified atom stereocenters. The number of nitrogens with one attached hydrogen (secondary N) is 3. The molecule has 41 heavy (non-hydrogen) atoms. The van der Waals surface area contributed by atoms with E-state index in [-0.39, 0.29) is 62.7 Å². The lowest BCUT2D eigenvalue weighted by molar-refractivity contribution is -0.142. The summed E-state index contributed by atoms with van der Waals surface area (Å²) in [6.07, 6.45) is 0.328. The fourth-order valence-corrected chi connectivity index (χ4v) is 3.79. The van der Waals surface area contributed by atoms with Crippen LogP contribution in [-0.4, -0.2) is 76.5 Å². The maximum absolute atomic E-state index is 13.3. The molecule has 0 bridgehead atoms. The zero-order valence-electron chi connectivity index (χ0n) is 23.3. The molecule has 4 atom stereocenters. The maximum atomic E-state index is 13.3. The minimum atomic E-state index is -1.29. The van der Waals surface area contributed by atoms with E-state index in [0.29, 0.717) is 5.56 Å². The van der Waals surface area contributed by atoms with Crippen LogP contribution in [0.4, 0.5) is 0 Å². The van der Waals surface area contributed by atoms with Crippen molar-refractivity contribution in [3.63, 3.8) is 0 Å². The van der Waals surface area contributed by atoms with Crippen molar-refractivity contribution in [1.82, 2.24) is 16.0 Å². The predicted molar refractivity (Wildman–Crippen MR) is 151 cm³/mol. The van der Waals surface area contributed by atoms with Crippen molar-refractivity contribution in [3.8, 4) is 5.75 Å². The zero-order valence-corrected chi connectivity index (χ0v) is 23.3. The van der Waals surface area contributed by atoms with E-state index < -0.39 is 53.8 Å². The van der Waals surface area contributed by atoms with Crippen LogP contribution < -0.4 is 38.9 Å². The highest BCUT2D eigenvalue weighted by atomic mass is 16.4. The highest BCUT2D eigenvalue weighted by molar-refractivity contribution is 5.94. The Labute approximate surface area is 238 Å². The van der Waals surface area contributed by atoms with E-state index in [0.717, 1.165) is 0 Å². The van der Waals surface area contributed by atoms with Gasteiger partial charge in [-0.3, -0.25) is 24.2 Å². The zero-order chi connectivity index (χ0) is 31.1. The first kappa shape index (κ1) is 34.6. The van der Waals surface area contributed by atoms with Gasteiger partial charge in [0, 0.05) is 19.4 Å². The van der Waals surface area contributed by atoms with Crippen molar-refractivity contribution in [1.29, 1.82) is 0 Å². The predicted octanol–water partition coefficient (Wildman–Crippen LogP) is -1.83. The number of carbonyl (C=O) groups is 5. The summed E-state index contributed by atoms with van der Waals surface area (Å²) >= 11 is 0. The monoisotopic (exact) mass is 578 g/mol. The Bertz CT molecular complexity index is 1070. The third-order valence-electron chi connectivity index (χ3n) is 5.95. The fraction of sp³-hybridized carbons (Fsp3) is 0.538. The summed E-state index contributed by atoms with van der Waals surface area (Å²) in [4.78, 5) is 65.9. The summed E-state index contributed by atoms with van der Waals surface area (Å²) in [5.41, 5.74) is 22.1. The molecule has 0 aromatic heterocycles. The number of aliphatic imine (C=N–C) groups is 1. The Kier molecular flexibility index (Phi) is 14.6.